The summed E-state index contributed by atoms with van der Waals surface area (Å²) in [5.41, 5.74) is 1.14. The van der Waals surface area contributed by atoms with Crippen LogP contribution in [0.5, 0.6) is 0 Å². The van der Waals surface area contributed by atoms with Crippen LogP contribution in [-0.2, 0) is 18.2 Å². The van der Waals surface area contributed by atoms with Gasteiger partial charge in [0.1, 0.15) is 0 Å². The van der Waals surface area contributed by atoms with Crippen LogP contribution in [0, 0.1) is 5.92 Å². The molecule has 4 heteroatoms. The van der Waals surface area contributed by atoms with Crippen molar-refractivity contribution in [1.29, 1.82) is 0 Å². The quantitative estimate of drug-likeness (QED) is 0.679. The third-order valence-electron chi connectivity index (χ3n) is 2.27. The monoisotopic (exact) mass is 211 g/mol. The standard InChI is InChI=1S/C11H21N3O/c1-10(9-15-3)8-12-6-4-11-5-7-14(2)13-11/h5,7,10,12H,4,6,8-9H2,1-3H3. The van der Waals surface area contributed by atoms with Gasteiger partial charge in [-0.3, -0.25) is 4.68 Å². The third kappa shape index (κ3) is 4.95. The fourth-order valence-corrected chi connectivity index (χ4v) is 1.50. The molecule has 1 N–H and O–H groups in total. The number of aromatic nitrogens is 2. The molecule has 0 amide bonds. The van der Waals surface area contributed by atoms with Gasteiger partial charge in [0.25, 0.3) is 0 Å². The fraction of sp³-hybridized carbons (Fsp3) is 0.727. The Morgan fingerprint density at radius 2 is 2.40 bits per heavy atom. The first-order chi connectivity index (χ1) is 7.22. The summed E-state index contributed by atoms with van der Waals surface area (Å²) in [4.78, 5) is 0. The first kappa shape index (κ1) is 12.2. The molecule has 0 radical (unpaired) electrons. The van der Waals surface area contributed by atoms with Gasteiger partial charge in [-0.25, -0.2) is 0 Å². The molecule has 1 aromatic rings. The van der Waals surface area contributed by atoms with Gasteiger partial charge in [-0.05, 0) is 18.5 Å². The predicted octanol–water partition coefficient (Wildman–Crippen LogP) is 0.835. The molecule has 1 heterocycles. The Bertz CT molecular complexity index is 273. The maximum atomic E-state index is 5.07. The molecule has 0 bridgehead atoms. The lowest BCUT2D eigenvalue weighted by Gasteiger charge is -2.10. The maximum Gasteiger partial charge on any atom is 0.0637 e. The number of aryl methyl sites for hydroxylation is 1. The Kier molecular flexibility index (Phi) is 5.36. The number of rotatable bonds is 7. The van der Waals surface area contributed by atoms with Crippen molar-refractivity contribution in [3.8, 4) is 0 Å². The lowest BCUT2D eigenvalue weighted by molar-refractivity contribution is 0.158. The molecule has 1 unspecified atom stereocenters. The van der Waals surface area contributed by atoms with Gasteiger partial charge in [0, 0.05) is 39.9 Å². The van der Waals surface area contributed by atoms with Gasteiger partial charge >= 0.3 is 0 Å². The molecule has 15 heavy (non-hydrogen) atoms. The minimum absolute atomic E-state index is 0.568. The van der Waals surface area contributed by atoms with E-state index in [1.807, 2.05) is 17.9 Å². The van der Waals surface area contributed by atoms with Gasteiger partial charge in [-0.15, -0.1) is 0 Å². The van der Waals surface area contributed by atoms with Crippen LogP contribution in [0.25, 0.3) is 0 Å². The first-order valence-electron chi connectivity index (χ1n) is 5.40. The molecule has 0 spiro atoms. The molecule has 0 saturated heterocycles. The Balaban J connectivity index is 2.06. The van der Waals surface area contributed by atoms with Crippen LogP contribution in [-0.4, -0.2) is 36.6 Å². The zero-order valence-corrected chi connectivity index (χ0v) is 9.86. The number of ether oxygens (including phenoxy) is 1. The van der Waals surface area contributed by atoms with E-state index in [2.05, 4.69) is 23.4 Å². The normalized spacial score (nSPS) is 13.0. The minimum Gasteiger partial charge on any atom is -0.384 e. The summed E-state index contributed by atoms with van der Waals surface area (Å²) in [6, 6.07) is 2.06. The zero-order chi connectivity index (χ0) is 11.1. The lowest BCUT2D eigenvalue weighted by atomic mass is 10.2. The molecular formula is C11H21N3O. The summed E-state index contributed by atoms with van der Waals surface area (Å²) in [5, 5.41) is 7.71. The minimum atomic E-state index is 0.568. The lowest BCUT2D eigenvalue weighted by Crippen LogP contribution is -2.25. The van der Waals surface area contributed by atoms with Gasteiger partial charge in [-0.1, -0.05) is 6.92 Å². The van der Waals surface area contributed by atoms with Crippen LogP contribution in [0.3, 0.4) is 0 Å². The smallest absolute Gasteiger partial charge is 0.0637 e. The van der Waals surface area contributed by atoms with Crippen molar-refractivity contribution >= 4 is 0 Å². The molecule has 4 nitrogen and oxygen atoms in total. The van der Waals surface area contributed by atoms with Crippen molar-refractivity contribution in [3.05, 3.63) is 18.0 Å². The molecule has 1 aromatic heterocycles. The summed E-state index contributed by atoms with van der Waals surface area (Å²) >= 11 is 0. The van der Waals surface area contributed by atoms with E-state index in [-0.39, 0.29) is 0 Å². The highest BCUT2D eigenvalue weighted by Gasteiger charge is 2.01. The van der Waals surface area contributed by atoms with Gasteiger partial charge in [0.15, 0.2) is 0 Å². The molecule has 86 valence electrons. The third-order valence-corrected chi connectivity index (χ3v) is 2.27. The first-order valence-corrected chi connectivity index (χ1v) is 5.40. The largest absolute Gasteiger partial charge is 0.384 e. The Labute approximate surface area is 91.6 Å². The number of hydrogen-bond acceptors (Lipinski definition) is 3. The molecule has 0 aromatic carbocycles. The highest BCUT2D eigenvalue weighted by molar-refractivity contribution is 4.98. The molecule has 0 aliphatic carbocycles. The SMILES string of the molecule is COCC(C)CNCCc1ccn(C)n1. The number of nitrogens with zero attached hydrogens (tertiary/aromatic N) is 2. The van der Waals surface area contributed by atoms with Crippen molar-refractivity contribution in [1.82, 2.24) is 15.1 Å². The maximum absolute atomic E-state index is 5.07. The number of hydrogen-bond donors (Lipinski definition) is 1. The Morgan fingerprint density at radius 3 is 3.00 bits per heavy atom. The van der Waals surface area contributed by atoms with E-state index in [0.717, 1.165) is 31.8 Å². The highest BCUT2D eigenvalue weighted by atomic mass is 16.5. The van der Waals surface area contributed by atoms with Crippen molar-refractivity contribution in [2.24, 2.45) is 13.0 Å². The second-order valence-corrected chi connectivity index (χ2v) is 4.00. The van der Waals surface area contributed by atoms with Crippen LogP contribution in [0.15, 0.2) is 12.3 Å². The van der Waals surface area contributed by atoms with Gasteiger partial charge in [-0.2, -0.15) is 5.10 Å². The summed E-state index contributed by atoms with van der Waals surface area (Å²) in [7, 11) is 3.68. The summed E-state index contributed by atoms with van der Waals surface area (Å²) < 4.78 is 6.90. The van der Waals surface area contributed by atoms with E-state index < -0.39 is 0 Å². The van der Waals surface area contributed by atoms with E-state index in [0.29, 0.717) is 5.92 Å². The fourth-order valence-electron chi connectivity index (χ4n) is 1.50. The Hall–Kier alpha value is -0.870. The van der Waals surface area contributed by atoms with Crippen LogP contribution >= 0.6 is 0 Å². The molecule has 1 rings (SSSR count). The summed E-state index contributed by atoms with van der Waals surface area (Å²) in [6.45, 7) is 4.97. The second kappa shape index (κ2) is 6.58. The topological polar surface area (TPSA) is 39.1 Å². The van der Waals surface area contributed by atoms with Crippen molar-refractivity contribution in [2.45, 2.75) is 13.3 Å². The van der Waals surface area contributed by atoms with Crippen molar-refractivity contribution < 1.29 is 4.74 Å². The van der Waals surface area contributed by atoms with E-state index in [4.69, 9.17) is 4.74 Å². The van der Waals surface area contributed by atoms with Gasteiger partial charge < -0.3 is 10.1 Å². The molecule has 0 aliphatic rings. The number of nitrogens with one attached hydrogen (secondary N) is 1. The Morgan fingerprint density at radius 1 is 1.60 bits per heavy atom. The van der Waals surface area contributed by atoms with E-state index in [9.17, 15) is 0 Å². The summed E-state index contributed by atoms with van der Waals surface area (Å²) in [6.07, 6.45) is 2.96. The van der Waals surface area contributed by atoms with E-state index >= 15 is 0 Å². The average molecular weight is 211 g/mol. The molecule has 0 aliphatic heterocycles. The molecular weight excluding hydrogens is 190 g/mol. The summed E-state index contributed by atoms with van der Waals surface area (Å²) in [5.74, 6) is 0.568. The van der Waals surface area contributed by atoms with Crippen LogP contribution in [0.1, 0.15) is 12.6 Å². The number of methoxy groups -OCH3 is 1. The average Bonchev–Trinajstić information content (AvgIpc) is 2.60. The van der Waals surface area contributed by atoms with Gasteiger partial charge in [0.2, 0.25) is 0 Å². The van der Waals surface area contributed by atoms with Crippen molar-refractivity contribution in [3.63, 3.8) is 0 Å². The van der Waals surface area contributed by atoms with Gasteiger partial charge in [0.05, 0.1) is 5.69 Å². The van der Waals surface area contributed by atoms with E-state index in [1.165, 1.54) is 0 Å². The zero-order valence-electron chi connectivity index (χ0n) is 9.86. The van der Waals surface area contributed by atoms with Crippen LogP contribution in [0.2, 0.25) is 0 Å². The molecule has 0 fully saturated rings. The van der Waals surface area contributed by atoms with E-state index in [1.54, 1.807) is 7.11 Å². The van der Waals surface area contributed by atoms with Crippen molar-refractivity contribution in [2.75, 3.05) is 26.8 Å². The molecule has 1 atom stereocenters. The van der Waals surface area contributed by atoms with Crippen LogP contribution < -0.4 is 5.32 Å². The van der Waals surface area contributed by atoms with Crippen LogP contribution in [0.4, 0.5) is 0 Å². The molecule has 0 saturated carbocycles. The second-order valence-electron chi connectivity index (χ2n) is 4.00. The predicted molar refractivity (Wildman–Crippen MR) is 60.8 cm³/mol. The highest BCUT2D eigenvalue weighted by Crippen LogP contribution is 1.95.